The summed E-state index contributed by atoms with van der Waals surface area (Å²) in [5.74, 6) is 0. The van der Waals surface area contributed by atoms with Gasteiger partial charge in [0.25, 0.3) is 0 Å². The van der Waals surface area contributed by atoms with E-state index >= 15 is 0 Å². The average molecular weight is 265 g/mol. The van der Waals surface area contributed by atoms with Gasteiger partial charge in [0.1, 0.15) is 5.52 Å². The summed E-state index contributed by atoms with van der Waals surface area (Å²) in [5, 5.41) is 5.52. The number of fused-ring (bicyclic) bond motifs is 2. The molecule has 0 atom stereocenters. The van der Waals surface area contributed by atoms with E-state index in [1.165, 1.54) is 22.5 Å². The number of para-hydroxylation sites is 1. The van der Waals surface area contributed by atoms with Crippen molar-refractivity contribution < 1.29 is 0 Å². The fourth-order valence-corrected chi connectivity index (χ4v) is 3.14. The highest BCUT2D eigenvalue weighted by Crippen LogP contribution is 2.33. The lowest BCUT2D eigenvalue weighted by molar-refractivity contribution is 1.20. The minimum atomic E-state index is 0.974. The Balaban J connectivity index is 2.09. The first-order chi connectivity index (χ1) is 9.34. The molecule has 92 valence electrons. The molecular weight excluding hydrogens is 254 g/mol. The van der Waals surface area contributed by atoms with Crippen LogP contribution in [0.3, 0.4) is 0 Å². The number of aromatic nitrogens is 3. The zero-order valence-electron chi connectivity index (χ0n) is 10.3. The number of nitrogens with one attached hydrogen (secondary N) is 1. The van der Waals surface area contributed by atoms with Gasteiger partial charge in [-0.05, 0) is 36.2 Å². The second-order valence-electron chi connectivity index (χ2n) is 4.60. The van der Waals surface area contributed by atoms with Gasteiger partial charge in [-0.25, -0.2) is 0 Å². The number of nitrogens with zero attached hydrogens (tertiary/aromatic N) is 2. The highest BCUT2D eigenvalue weighted by molar-refractivity contribution is 7.13. The minimum Gasteiger partial charge on any atom is -0.354 e. The first kappa shape index (κ1) is 10.7. The molecule has 0 bridgehead atoms. The van der Waals surface area contributed by atoms with Crippen LogP contribution in [0.5, 0.6) is 0 Å². The van der Waals surface area contributed by atoms with Gasteiger partial charge < -0.3 is 4.98 Å². The number of H-pyrrole nitrogens is 1. The first-order valence-electron chi connectivity index (χ1n) is 6.13. The summed E-state index contributed by atoms with van der Waals surface area (Å²) in [6, 6.07) is 14.6. The van der Waals surface area contributed by atoms with Gasteiger partial charge >= 0.3 is 0 Å². The first-order valence-corrected chi connectivity index (χ1v) is 6.91. The quantitative estimate of drug-likeness (QED) is 0.561. The predicted molar refractivity (Wildman–Crippen MR) is 79.4 cm³/mol. The molecule has 2 aromatic heterocycles. The fraction of sp³-hybridized carbons (Fsp3) is 0.0667. The predicted octanol–water partition coefficient (Wildman–Crippen LogP) is 4.15. The summed E-state index contributed by atoms with van der Waals surface area (Å²) in [7, 11) is 0. The van der Waals surface area contributed by atoms with Crippen LogP contribution in [0.15, 0.2) is 42.5 Å². The second-order valence-corrected chi connectivity index (χ2v) is 5.38. The SMILES string of the molecule is Cc1c(-c2cccc3snnc23)[nH]c2ccccc12. The third-order valence-corrected chi connectivity index (χ3v) is 4.20. The van der Waals surface area contributed by atoms with Gasteiger partial charge in [-0.2, -0.15) is 0 Å². The molecule has 4 rings (SSSR count). The number of aryl methyl sites for hydroxylation is 1. The smallest absolute Gasteiger partial charge is 0.115 e. The van der Waals surface area contributed by atoms with E-state index in [1.807, 2.05) is 6.07 Å². The lowest BCUT2D eigenvalue weighted by atomic mass is 10.1. The second kappa shape index (κ2) is 3.90. The number of benzene rings is 2. The molecule has 0 amide bonds. The summed E-state index contributed by atoms with van der Waals surface area (Å²) in [5.41, 5.74) is 5.66. The molecule has 0 aliphatic rings. The molecule has 4 aromatic rings. The standard InChI is InChI=1S/C15H11N3S/c1-9-10-5-2-3-7-12(10)16-14(9)11-6-4-8-13-15(11)17-18-19-13/h2-8,16H,1H3. The van der Waals surface area contributed by atoms with E-state index in [-0.39, 0.29) is 0 Å². The van der Waals surface area contributed by atoms with Gasteiger partial charge in [-0.3, -0.25) is 0 Å². The third kappa shape index (κ3) is 1.50. The Morgan fingerprint density at radius 1 is 1.05 bits per heavy atom. The largest absolute Gasteiger partial charge is 0.354 e. The lowest BCUT2D eigenvalue weighted by Gasteiger charge is -2.00. The number of hydrogen-bond acceptors (Lipinski definition) is 3. The molecule has 0 aliphatic carbocycles. The van der Waals surface area contributed by atoms with Crippen molar-refractivity contribution in [1.29, 1.82) is 0 Å². The van der Waals surface area contributed by atoms with Crippen molar-refractivity contribution in [2.45, 2.75) is 6.92 Å². The van der Waals surface area contributed by atoms with Crippen molar-refractivity contribution >= 4 is 32.7 Å². The van der Waals surface area contributed by atoms with Crippen LogP contribution < -0.4 is 0 Å². The Kier molecular flexibility index (Phi) is 2.19. The van der Waals surface area contributed by atoms with Crippen LogP contribution in [0.2, 0.25) is 0 Å². The van der Waals surface area contributed by atoms with Gasteiger partial charge in [0.05, 0.1) is 10.4 Å². The molecule has 0 fully saturated rings. The molecule has 0 saturated heterocycles. The molecular formula is C15H11N3S. The van der Waals surface area contributed by atoms with Gasteiger partial charge in [0.2, 0.25) is 0 Å². The van der Waals surface area contributed by atoms with Crippen molar-refractivity contribution in [2.75, 3.05) is 0 Å². The van der Waals surface area contributed by atoms with Crippen molar-refractivity contribution in [3.05, 3.63) is 48.0 Å². The van der Waals surface area contributed by atoms with Gasteiger partial charge in [-0.15, -0.1) is 5.10 Å². The Labute approximate surface area is 114 Å². The monoisotopic (exact) mass is 265 g/mol. The van der Waals surface area contributed by atoms with Crippen molar-refractivity contribution in [3.8, 4) is 11.3 Å². The fourth-order valence-electron chi connectivity index (χ4n) is 2.56. The molecule has 0 unspecified atom stereocenters. The van der Waals surface area contributed by atoms with Crippen LogP contribution in [-0.4, -0.2) is 14.6 Å². The maximum atomic E-state index is 4.25. The summed E-state index contributed by atoms with van der Waals surface area (Å²) in [4.78, 5) is 3.50. The maximum Gasteiger partial charge on any atom is 0.115 e. The van der Waals surface area contributed by atoms with Gasteiger partial charge in [-0.1, -0.05) is 34.8 Å². The molecule has 0 radical (unpaired) electrons. The minimum absolute atomic E-state index is 0.974. The van der Waals surface area contributed by atoms with E-state index in [0.29, 0.717) is 0 Å². The molecule has 0 spiro atoms. The Bertz CT molecular complexity index is 889. The van der Waals surface area contributed by atoms with Gasteiger partial charge in [0, 0.05) is 16.5 Å². The summed E-state index contributed by atoms with van der Waals surface area (Å²) < 4.78 is 5.17. The Morgan fingerprint density at radius 2 is 1.95 bits per heavy atom. The normalized spacial score (nSPS) is 11.4. The van der Waals surface area contributed by atoms with E-state index in [4.69, 9.17) is 0 Å². The summed E-state index contributed by atoms with van der Waals surface area (Å²) in [6.07, 6.45) is 0. The molecule has 4 heteroatoms. The molecule has 0 saturated carbocycles. The van der Waals surface area contributed by atoms with E-state index in [0.717, 1.165) is 27.0 Å². The zero-order valence-corrected chi connectivity index (χ0v) is 11.2. The molecule has 19 heavy (non-hydrogen) atoms. The van der Waals surface area contributed by atoms with Gasteiger partial charge in [0.15, 0.2) is 0 Å². The van der Waals surface area contributed by atoms with Crippen LogP contribution in [0.25, 0.3) is 32.4 Å². The highest BCUT2D eigenvalue weighted by Gasteiger charge is 2.13. The highest BCUT2D eigenvalue weighted by atomic mass is 32.1. The number of rotatable bonds is 1. The molecule has 1 N–H and O–H groups in total. The van der Waals surface area contributed by atoms with Crippen LogP contribution in [0.4, 0.5) is 0 Å². The Morgan fingerprint density at radius 3 is 2.84 bits per heavy atom. The van der Waals surface area contributed by atoms with E-state index in [9.17, 15) is 0 Å². The number of aromatic amines is 1. The molecule has 3 nitrogen and oxygen atoms in total. The van der Waals surface area contributed by atoms with E-state index < -0.39 is 0 Å². The number of hydrogen-bond donors (Lipinski definition) is 1. The summed E-state index contributed by atoms with van der Waals surface area (Å²) in [6.45, 7) is 2.15. The molecule has 2 aromatic carbocycles. The van der Waals surface area contributed by atoms with Crippen molar-refractivity contribution in [3.63, 3.8) is 0 Å². The third-order valence-electron chi connectivity index (χ3n) is 3.51. The lowest BCUT2D eigenvalue weighted by Crippen LogP contribution is -1.83. The zero-order chi connectivity index (χ0) is 12.8. The van der Waals surface area contributed by atoms with Crippen LogP contribution >= 0.6 is 11.5 Å². The maximum absolute atomic E-state index is 4.25. The topological polar surface area (TPSA) is 41.6 Å². The van der Waals surface area contributed by atoms with Crippen LogP contribution in [0, 0.1) is 6.92 Å². The molecule has 0 aliphatic heterocycles. The van der Waals surface area contributed by atoms with Crippen LogP contribution in [0.1, 0.15) is 5.56 Å². The van der Waals surface area contributed by atoms with Crippen molar-refractivity contribution in [1.82, 2.24) is 14.6 Å². The van der Waals surface area contributed by atoms with E-state index in [2.05, 4.69) is 57.9 Å². The molecule has 2 heterocycles. The average Bonchev–Trinajstić information content (AvgIpc) is 3.04. The van der Waals surface area contributed by atoms with Crippen LogP contribution in [-0.2, 0) is 0 Å². The van der Waals surface area contributed by atoms with E-state index in [1.54, 1.807) is 0 Å². The Hall–Kier alpha value is -2.20. The summed E-state index contributed by atoms with van der Waals surface area (Å²) >= 11 is 1.43. The van der Waals surface area contributed by atoms with Crippen molar-refractivity contribution in [2.24, 2.45) is 0 Å².